The second kappa shape index (κ2) is 16.2. The number of rotatable bonds is 16. The number of hydrogen-bond donors (Lipinski definition) is 8. The van der Waals surface area contributed by atoms with E-state index in [0.717, 1.165) is 0 Å². The van der Waals surface area contributed by atoms with Gasteiger partial charge in [0.2, 0.25) is 35.4 Å². The molecule has 5 atom stereocenters. The highest BCUT2D eigenvalue weighted by Gasteiger charge is 2.31. The second-order valence-electron chi connectivity index (χ2n) is 9.78. The summed E-state index contributed by atoms with van der Waals surface area (Å²) in [4.78, 5) is 84.2. The van der Waals surface area contributed by atoms with Gasteiger partial charge in [0.1, 0.15) is 24.2 Å². The van der Waals surface area contributed by atoms with Crippen LogP contribution in [0.5, 0.6) is 0 Å². The van der Waals surface area contributed by atoms with Crippen molar-refractivity contribution in [3.8, 4) is 0 Å². The molecule has 38 heavy (non-hydrogen) atoms. The zero-order valence-electron chi connectivity index (χ0n) is 22.6. The van der Waals surface area contributed by atoms with Gasteiger partial charge in [-0.25, -0.2) is 0 Å². The van der Waals surface area contributed by atoms with Crippen molar-refractivity contribution in [2.24, 2.45) is 23.3 Å². The van der Waals surface area contributed by atoms with Crippen molar-refractivity contribution < 1.29 is 38.7 Å². The molecule has 0 radical (unpaired) electrons. The van der Waals surface area contributed by atoms with E-state index in [-0.39, 0.29) is 18.3 Å². The van der Waals surface area contributed by atoms with Crippen LogP contribution in [0.2, 0.25) is 0 Å². The van der Waals surface area contributed by atoms with Gasteiger partial charge in [0.05, 0.1) is 19.0 Å². The monoisotopic (exact) mass is 543 g/mol. The van der Waals surface area contributed by atoms with Crippen LogP contribution in [0.25, 0.3) is 0 Å². The van der Waals surface area contributed by atoms with E-state index < -0.39 is 84.6 Å². The summed E-state index contributed by atoms with van der Waals surface area (Å²) in [5.41, 5.74) is 10.6. The molecule has 15 heteroatoms. The molecule has 0 aliphatic rings. The predicted octanol–water partition coefficient (Wildman–Crippen LogP) is -2.93. The third-order valence-corrected chi connectivity index (χ3v) is 5.23. The van der Waals surface area contributed by atoms with E-state index in [0.29, 0.717) is 0 Å². The van der Waals surface area contributed by atoms with Crippen LogP contribution in [0.3, 0.4) is 0 Å². The van der Waals surface area contributed by atoms with Gasteiger partial charge in [-0.05, 0) is 32.1 Å². The molecule has 0 rings (SSSR count). The van der Waals surface area contributed by atoms with Gasteiger partial charge in [0.25, 0.3) is 0 Å². The van der Waals surface area contributed by atoms with Gasteiger partial charge in [-0.15, -0.1) is 0 Å². The molecule has 0 spiro atoms. The highest BCUT2D eigenvalue weighted by molar-refractivity contribution is 5.96. The molecule has 216 valence electrons. The Morgan fingerprint density at radius 2 is 1.32 bits per heavy atom. The molecule has 0 aliphatic carbocycles. The molecule has 0 heterocycles. The summed E-state index contributed by atoms with van der Waals surface area (Å²) in [6.45, 7) is 9.34. The maximum atomic E-state index is 12.9. The number of aliphatic carboxylic acids is 1. The lowest BCUT2D eigenvalue weighted by Gasteiger charge is -2.27. The molecule has 0 bridgehead atoms. The molecule has 0 aromatic rings. The van der Waals surface area contributed by atoms with Crippen LogP contribution >= 0.6 is 0 Å². The zero-order valence-corrected chi connectivity index (χ0v) is 22.6. The topological polar surface area (TPSA) is 252 Å². The Morgan fingerprint density at radius 1 is 0.737 bits per heavy atom. The molecule has 0 unspecified atom stereocenters. The summed E-state index contributed by atoms with van der Waals surface area (Å²) < 4.78 is 0. The van der Waals surface area contributed by atoms with E-state index >= 15 is 0 Å². The first-order valence-corrected chi connectivity index (χ1v) is 12.2. The summed E-state index contributed by atoms with van der Waals surface area (Å²) >= 11 is 0. The minimum atomic E-state index is -1.46. The van der Waals surface area contributed by atoms with Gasteiger partial charge in [0.15, 0.2) is 0 Å². The minimum absolute atomic E-state index is 0.0148. The molecule has 0 aromatic carbocycles. The number of amides is 6. The van der Waals surface area contributed by atoms with E-state index in [1.54, 1.807) is 13.8 Å². The number of carboxylic acids is 1. The number of carboxylic acid groups (broad SMARTS) is 1. The minimum Gasteiger partial charge on any atom is -0.481 e. The standard InChI is InChI=1S/C23H41N7O8/c1-10(2)7-15(29-23(38)18(11(3)4)30-20(35)12(5)24)22(37)27-13(6)21(36)26-9-16(31)28-14(19(25)34)8-17(32)33/h10-15,18H,7-9,24H2,1-6H3,(H2,25,34)(H,26,36)(H,27,37)(H,28,31)(H,29,38)(H,30,35)(H,32,33)/t12-,13-,14-,15-,18-/m0/s1. The summed E-state index contributed by atoms with van der Waals surface area (Å²) in [7, 11) is 0. The number of carbonyl (C=O) groups excluding carboxylic acids is 6. The molecule has 0 saturated heterocycles. The van der Waals surface area contributed by atoms with Crippen LogP contribution in [-0.4, -0.2) is 83.3 Å². The van der Waals surface area contributed by atoms with Crippen LogP contribution in [0.1, 0.15) is 54.4 Å². The third-order valence-electron chi connectivity index (χ3n) is 5.23. The summed E-state index contributed by atoms with van der Waals surface area (Å²) in [6.07, 6.45) is -0.491. The first-order chi connectivity index (χ1) is 17.5. The van der Waals surface area contributed by atoms with Gasteiger partial charge in [-0.3, -0.25) is 33.6 Å². The van der Waals surface area contributed by atoms with Crippen molar-refractivity contribution in [1.82, 2.24) is 26.6 Å². The third kappa shape index (κ3) is 13.0. The summed E-state index contributed by atoms with van der Waals surface area (Å²) in [5.74, 6) is -6.11. The average molecular weight is 544 g/mol. The zero-order chi connectivity index (χ0) is 29.7. The molecule has 0 aromatic heterocycles. The second-order valence-corrected chi connectivity index (χ2v) is 9.78. The van der Waals surface area contributed by atoms with Crippen LogP contribution in [0.15, 0.2) is 0 Å². The van der Waals surface area contributed by atoms with Crippen molar-refractivity contribution in [1.29, 1.82) is 0 Å². The van der Waals surface area contributed by atoms with E-state index in [9.17, 15) is 33.6 Å². The largest absolute Gasteiger partial charge is 0.481 e. The maximum Gasteiger partial charge on any atom is 0.305 e. The van der Waals surface area contributed by atoms with Gasteiger partial charge in [0, 0.05) is 0 Å². The highest BCUT2D eigenvalue weighted by Crippen LogP contribution is 2.08. The average Bonchev–Trinajstić information content (AvgIpc) is 2.78. The molecular weight excluding hydrogens is 502 g/mol. The Morgan fingerprint density at radius 3 is 1.76 bits per heavy atom. The SMILES string of the molecule is CC(C)C[C@H](NC(=O)[C@@H](NC(=O)[C@H](C)N)C(C)C)C(=O)N[C@@H](C)C(=O)NCC(=O)N[C@@H](CC(=O)O)C(N)=O. The maximum absolute atomic E-state index is 12.9. The first-order valence-electron chi connectivity index (χ1n) is 12.2. The van der Waals surface area contributed by atoms with Crippen LogP contribution in [0, 0.1) is 11.8 Å². The van der Waals surface area contributed by atoms with Crippen LogP contribution < -0.4 is 38.1 Å². The van der Waals surface area contributed by atoms with Gasteiger partial charge >= 0.3 is 5.97 Å². The predicted molar refractivity (Wildman–Crippen MR) is 136 cm³/mol. The van der Waals surface area contributed by atoms with Gasteiger partial charge in [-0.2, -0.15) is 0 Å². The van der Waals surface area contributed by atoms with Crippen LogP contribution in [0.4, 0.5) is 0 Å². The Balaban J connectivity index is 5.18. The first kappa shape index (κ1) is 34.2. The number of nitrogens with one attached hydrogen (secondary N) is 5. The summed E-state index contributed by atoms with van der Waals surface area (Å²) in [5, 5.41) is 20.8. The van der Waals surface area contributed by atoms with Gasteiger partial charge in [-0.1, -0.05) is 27.7 Å². The Bertz CT molecular complexity index is 891. The molecule has 6 amide bonds. The normalized spacial score (nSPS) is 14.9. The van der Waals surface area contributed by atoms with E-state index in [1.165, 1.54) is 13.8 Å². The quantitative estimate of drug-likeness (QED) is 0.0990. The van der Waals surface area contributed by atoms with Crippen molar-refractivity contribution in [3.05, 3.63) is 0 Å². The Kier molecular flexibility index (Phi) is 14.6. The summed E-state index contributed by atoms with van der Waals surface area (Å²) in [6, 6.07) is -5.38. The number of carbonyl (C=O) groups is 7. The number of nitrogens with two attached hydrogens (primary N) is 2. The van der Waals surface area contributed by atoms with Crippen molar-refractivity contribution in [2.45, 2.75) is 84.6 Å². The molecular formula is C23H41N7O8. The molecule has 15 nitrogen and oxygen atoms in total. The lowest BCUT2D eigenvalue weighted by molar-refractivity contribution is -0.140. The lowest BCUT2D eigenvalue weighted by Crippen LogP contribution is -2.58. The van der Waals surface area contributed by atoms with Crippen molar-refractivity contribution in [3.63, 3.8) is 0 Å². The number of primary amides is 1. The highest BCUT2D eigenvalue weighted by atomic mass is 16.4. The molecule has 0 fully saturated rings. The lowest BCUT2D eigenvalue weighted by atomic mass is 9.99. The van der Waals surface area contributed by atoms with E-state index in [4.69, 9.17) is 16.6 Å². The van der Waals surface area contributed by atoms with Gasteiger partial charge < -0.3 is 43.2 Å². The van der Waals surface area contributed by atoms with Crippen LogP contribution in [-0.2, 0) is 33.6 Å². The smallest absolute Gasteiger partial charge is 0.305 e. The molecule has 0 saturated carbocycles. The molecule has 0 aliphatic heterocycles. The fourth-order valence-electron chi connectivity index (χ4n) is 3.13. The van der Waals surface area contributed by atoms with E-state index in [1.807, 2.05) is 13.8 Å². The van der Waals surface area contributed by atoms with Crippen molar-refractivity contribution >= 4 is 41.4 Å². The fourth-order valence-corrected chi connectivity index (χ4v) is 3.13. The fraction of sp³-hybridized carbons (Fsp3) is 0.696. The Hall–Kier alpha value is -3.75. The van der Waals surface area contributed by atoms with Crippen molar-refractivity contribution in [2.75, 3.05) is 6.54 Å². The molecule has 10 N–H and O–H groups in total. The number of hydrogen-bond acceptors (Lipinski definition) is 8. The Labute approximate surface area is 221 Å². The van der Waals surface area contributed by atoms with E-state index in [2.05, 4.69) is 26.6 Å².